The van der Waals surface area contributed by atoms with Crippen molar-refractivity contribution in [1.29, 1.82) is 0 Å². The lowest BCUT2D eigenvalue weighted by atomic mass is 9.73. The van der Waals surface area contributed by atoms with Gasteiger partial charge in [-0.05, 0) is 48.8 Å². The van der Waals surface area contributed by atoms with Gasteiger partial charge in [-0.2, -0.15) is 5.10 Å². The van der Waals surface area contributed by atoms with Crippen molar-refractivity contribution in [3.05, 3.63) is 60.0 Å². The largest absolute Gasteiger partial charge is 0.356 e. The third-order valence-electron chi connectivity index (χ3n) is 5.85. The fourth-order valence-electron chi connectivity index (χ4n) is 4.37. The quantitative estimate of drug-likeness (QED) is 0.616. The van der Waals surface area contributed by atoms with Crippen molar-refractivity contribution < 1.29 is 9.59 Å². The van der Waals surface area contributed by atoms with Crippen LogP contribution < -0.4 is 5.32 Å². The first kappa shape index (κ1) is 21.2. The predicted molar refractivity (Wildman–Crippen MR) is 120 cm³/mol. The molecule has 8 heteroatoms. The average Bonchev–Trinajstić information content (AvgIpc) is 3.49. The zero-order chi connectivity index (χ0) is 21.7. The standard InChI is InChI=1S/C23H27N5O2S/c1-2-25-22(30)23(13-18-7-3-4-8-19(18)20-9-5-12-31-20)10-6-11-27(15-23)21(29)14-28-17-24-16-26-28/h3-5,7-9,12,16-17H,2,6,10-11,13-15H2,1H3,(H,25,30)/t23-/m0/s1. The molecule has 0 bridgehead atoms. The van der Waals surface area contributed by atoms with Crippen LogP contribution in [0.3, 0.4) is 0 Å². The van der Waals surface area contributed by atoms with E-state index in [-0.39, 0.29) is 18.4 Å². The van der Waals surface area contributed by atoms with Crippen LogP contribution in [0.25, 0.3) is 10.4 Å². The van der Waals surface area contributed by atoms with Crippen LogP contribution in [0.5, 0.6) is 0 Å². The molecule has 0 spiro atoms. The molecule has 0 aliphatic carbocycles. The maximum atomic E-state index is 13.3. The molecule has 2 amide bonds. The number of thiophene rings is 1. The van der Waals surface area contributed by atoms with Crippen molar-refractivity contribution in [2.75, 3.05) is 19.6 Å². The zero-order valence-corrected chi connectivity index (χ0v) is 18.5. The zero-order valence-electron chi connectivity index (χ0n) is 17.7. The summed E-state index contributed by atoms with van der Waals surface area (Å²) in [6.45, 7) is 3.70. The monoisotopic (exact) mass is 437 g/mol. The average molecular weight is 438 g/mol. The molecule has 31 heavy (non-hydrogen) atoms. The number of aromatic nitrogens is 3. The van der Waals surface area contributed by atoms with E-state index in [1.165, 1.54) is 22.2 Å². The number of benzene rings is 1. The Morgan fingerprint density at radius 1 is 1.23 bits per heavy atom. The first-order chi connectivity index (χ1) is 15.1. The normalized spacial score (nSPS) is 18.7. The molecule has 7 nitrogen and oxygen atoms in total. The van der Waals surface area contributed by atoms with Gasteiger partial charge in [0.25, 0.3) is 0 Å². The number of nitrogens with zero attached hydrogens (tertiary/aromatic N) is 4. The fraction of sp³-hybridized carbons (Fsp3) is 0.391. The molecule has 1 aliphatic heterocycles. The van der Waals surface area contributed by atoms with Gasteiger partial charge in [0.05, 0.1) is 5.41 Å². The highest BCUT2D eigenvalue weighted by molar-refractivity contribution is 7.13. The Labute approximate surface area is 186 Å². The minimum absolute atomic E-state index is 0.0224. The molecular formula is C23H27N5O2S. The summed E-state index contributed by atoms with van der Waals surface area (Å²) >= 11 is 1.70. The third kappa shape index (κ3) is 4.69. The molecule has 4 rings (SSSR count). The molecule has 162 valence electrons. The van der Waals surface area contributed by atoms with Gasteiger partial charge in [-0.15, -0.1) is 11.3 Å². The van der Waals surface area contributed by atoms with Gasteiger partial charge in [0.15, 0.2) is 0 Å². The van der Waals surface area contributed by atoms with Crippen LogP contribution in [-0.2, 0) is 22.6 Å². The molecular weight excluding hydrogens is 410 g/mol. The number of hydrogen-bond acceptors (Lipinski definition) is 5. The number of carbonyl (C=O) groups is 2. The van der Waals surface area contributed by atoms with Crippen LogP contribution in [0.2, 0.25) is 0 Å². The molecule has 0 saturated carbocycles. The lowest BCUT2D eigenvalue weighted by Gasteiger charge is -2.42. The van der Waals surface area contributed by atoms with E-state index in [1.54, 1.807) is 11.3 Å². The van der Waals surface area contributed by atoms with Crippen molar-refractivity contribution in [1.82, 2.24) is 25.0 Å². The summed E-state index contributed by atoms with van der Waals surface area (Å²) in [5.41, 5.74) is 1.65. The van der Waals surface area contributed by atoms with E-state index in [2.05, 4.69) is 39.0 Å². The molecule has 3 aromatic rings. The van der Waals surface area contributed by atoms with Crippen molar-refractivity contribution >= 4 is 23.2 Å². The van der Waals surface area contributed by atoms with Crippen LogP contribution in [0.15, 0.2) is 54.4 Å². The summed E-state index contributed by atoms with van der Waals surface area (Å²) in [6.07, 6.45) is 5.10. The minimum atomic E-state index is -0.653. The number of likely N-dealkylation sites (tertiary alicyclic amines) is 1. The SMILES string of the molecule is CCNC(=O)[C@]1(Cc2ccccc2-c2cccs2)CCCN(C(=O)Cn2cncn2)C1. The molecule has 0 radical (unpaired) electrons. The highest BCUT2D eigenvalue weighted by atomic mass is 32.1. The van der Waals surface area contributed by atoms with Gasteiger partial charge in [-0.25, -0.2) is 9.67 Å². The van der Waals surface area contributed by atoms with Crippen LogP contribution in [0.1, 0.15) is 25.3 Å². The highest BCUT2D eigenvalue weighted by Crippen LogP contribution is 2.38. The Balaban J connectivity index is 1.62. The first-order valence-electron chi connectivity index (χ1n) is 10.6. The van der Waals surface area contributed by atoms with E-state index >= 15 is 0 Å². The summed E-state index contributed by atoms with van der Waals surface area (Å²) in [5.74, 6) is -0.0142. The maximum Gasteiger partial charge on any atom is 0.244 e. The highest BCUT2D eigenvalue weighted by Gasteiger charge is 2.43. The Hall–Kier alpha value is -3.00. The number of piperidine rings is 1. The van der Waals surface area contributed by atoms with Gasteiger partial charge in [0, 0.05) is 24.5 Å². The van der Waals surface area contributed by atoms with E-state index < -0.39 is 5.41 Å². The van der Waals surface area contributed by atoms with Crippen molar-refractivity contribution in [2.45, 2.75) is 32.7 Å². The van der Waals surface area contributed by atoms with Crippen LogP contribution in [-0.4, -0.2) is 51.1 Å². The fourth-order valence-corrected chi connectivity index (χ4v) is 5.15. The molecule has 1 aromatic carbocycles. The van der Waals surface area contributed by atoms with Crippen LogP contribution in [0.4, 0.5) is 0 Å². The van der Waals surface area contributed by atoms with Crippen LogP contribution >= 0.6 is 11.3 Å². The molecule has 0 unspecified atom stereocenters. The maximum absolute atomic E-state index is 13.3. The Morgan fingerprint density at radius 2 is 2.10 bits per heavy atom. The second-order valence-electron chi connectivity index (χ2n) is 7.96. The second-order valence-corrected chi connectivity index (χ2v) is 8.91. The van der Waals surface area contributed by atoms with Gasteiger partial charge >= 0.3 is 0 Å². The second kappa shape index (κ2) is 9.43. The smallest absolute Gasteiger partial charge is 0.244 e. The van der Waals surface area contributed by atoms with E-state index in [1.807, 2.05) is 30.0 Å². The third-order valence-corrected chi connectivity index (χ3v) is 6.75. The molecule has 1 aliphatic rings. The number of hydrogen-bond donors (Lipinski definition) is 1. The number of nitrogens with one attached hydrogen (secondary N) is 1. The van der Waals surface area contributed by atoms with E-state index in [0.717, 1.165) is 24.0 Å². The molecule has 1 fully saturated rings. The van der Waals surface area contributed by atoms with Crippen molar-refractivity contribution in [3.8, 4) is 10.4 Å². The predicted octanol–water partition coefficient (Wildman–Crippen LogP) is 2.99. The van der Waals surface area contributed by atoms with Crippen molar-refractivity contribution in [2.24, 2.45) is 5.41 Å². The lowest BCUT2D eigenvalue weighted by molar-refractivity contribution is -0.142. The van der Waals surface area contributed by atoms with Gasteiger partial charge in [0.1, 0.15) is 19.2 Å². The minimum Gasteiger partial charge on any atom is -0.356 e. The molecule has 2 aromatic heterocycles. The topological polar surface area (TPSA) is 80.1 Å². The summed E-state index contributed by atoms with van der Waals surface area (Å²) in [4.78, 5) is 33.2. The van der Waals surface area contributed by atoms with Gasteiger partial charge in [-0.3, -0.25) is 9.59 Å². The number of rotatable bonds is 7. The summed E-state index contributed by atoms with van der Waals surface area (Å²) < 4.78 is 1.52. The number of amides is 2. The summed E-state index contributed by atoms with van der Waals surface area (Å²) in [6, 6.07) is 12.4. The first-order valence-corrected chi connectivity index (χ1v) is 11.5. The molecule has 1 saturated heterocycles. The Morgan fingerprint density at radius 3 is 2.84 bits per heavy atom. The van der Waals surface area contributed by atoms with Gasteiger partial charge in [0.2, 0.25) is 11.8 Å². The van der Waals surface area contributed by atoms with E-state index in [0.29, 0.717) is 26.1 Å². The summed E-state index contributed by atoms with van der Waals surface area (Å²) in [5, 5.41) is 9.14. The van der Waals surface area contributed by atoms with Crippen LogP contribution in [0, 0.1) is 5.41 Å². The van der Waals surface area contributed by atoms with Gasteiger partial charge < -0.3 is 10.2 Å². The molecule has 3 heterocycles. The number of carbonyl (C=O) groups excluding carboxylic acids is 2. The summed E-state index contributed by atoms with van der Waals surface area (Å²) in [7, 11) is 0. The molecule has 1 atom stereocenters. The van der Waals surface area contributed by atoms with E-state index in [4.69, 9.17) is 0 Å². The van der Waals surface area contributed by atoms with E-state index in [9.17, 15) is 9.59 Å². The molecule has 1 N–H and O–H groups in total. The van der Waals surface area contributed by atoms with Gasteiger partial charge in [-0.1, -0.05) is 30.3 Å². The Bertz CT molecular complexity index is 1020. The lowest BCUT2D eigenvalue weighted by Crippen LogP contribution is -2.55. The Kier molecular flexibility index (Phi) is 6.46. The van der Waals surface area contributed by atoms with Crippen molar-refractivity contribution in [3.63, 3.8) is 0 Å².